The Balaban J connectivity index is 1.56. The molecule has 3 rings (SSSR count). The van der Waals surface area contributed by atoms with E-state index in [-0.39, 0.29) is 6.79 Å². The van der Waals surface area contributed by atoms with E-state index < -0.39 is 42.4 Å². The third-order valence-corrected chi connectivity index (χ3v) is 4.80. The molecule has 2 heterocycles. The van der Waals surface area contributed by atoms with Crippen molar-refractivity contribution in [2.45, 2.75) is 32.2 Å². The maximum absolute atomic E-state index is 12.4. The van der Waals surface area contributed by atoms with E-state index in [4.69, 9.17) is 14.2 Å². The number of hydrogen-bond donors (Lipinski definition) is 1. The van der Waals surface area contributed by atoms with Crippen molar-refractivity contribution in [2.24, 2.45) is 0 Å². The number of carbonyl (C=O) groups excluding carboxylic acids is 4. The Labute approximate surface area is 155 Å². The lowest BCUT2D eigenvalue weighted by molar-refractivity contribution is -0.146. The number of nitrogens with zero attached hydrogens (tertiary/aromatic N) is 1. The molecule has 2 aliphatic heterocycles. The fourth-order valence-corrected chi connectivity index (χ4v) is 3.02. The highest BCUT2D eigenvalue weighted by molar-refractivity contribution is 6.08. The zero-order valence-electron chi connectivity index (χ0n) is 15.1. The Hall–Kier alpha value is -3.10. The number of carbonyl (C=O) groups is 4. The minimum Gasteiger partial charge on any atom is -0.456 e. The number of nitrogens with one attached hydrogen (secondary N) is 1. The second kappa shape index (κ2) is 7.26. The summed E-state index contributed by atoms with van der Waals surface area (Å²) in [5.41, 5.74) is -0.683. The smallest absolute Gasteiger partial charge is 0.326 e. The van der Waals surface area contributed by atoms with Crippen LogP contribution in [0, 0.1) is 0 Å². The van der Waals surface area contributed by atoms with E-state index >= 15 is 0 Å². The van der Waals surface area contributed by atoms with Crippen LogP contribution in [0.25, 0.3) is 0 Å². The summed E-state index contributed by atoms with van der Waals surface area (Å²) in [6, 6.07) is 4.01. The van der Waals surface area contributed by atoms with Gasteiger partial charge < -0.3 is 19.5 Å². The number of ether oxygens (including phenoxy) is 3. The molecule has 1 aromatic rings. The first-order valence-corrected chi connectivity index (χ1v) is 8.62. The Morgan fingerprint density at radius 1 is 1.19 bits per heavy atom. The van der Waals surface area contributed by atoms with Crippen molar-refractivity contribution in [3.63, 3.8) is 0 Å². The molecule has 0 bridgehead atoms. The van der Waals surface area contributed by atoms with Gasteiger partial charge in [0.05, 0.1) is 0 Å². The van der Waals surface area contributed by atoms with Crippen molar-refractivity contribution >= 4 is 23.7 Å². The predicted molar refractivity (Wildman–Crippen MR) is 91.4 cm³/mol. The lowest BCUT2D eigenvalue weighted by Crippen LogP contribution is -2.46. The summed E-state index contributed by atoms with van der Waals surface area (Å²) in [5.74, 6) is -0.748. The summed E-state index contributed by atoms with van der Waals surface area (Å²) in [6.07, 6.45) is 0.838. The van der Waals surface area contributed by atoms with E-state index in [2.05, 4.69) is 5.32 Å². The minimum atomic E-state index is -0.986. The van der Waals surface area contributed by atoms with Gasteiger partial charge in [-0.3, -0.25) is 19.3 Å². The van der Waals surface area contributed by atoms with Gasteiger partial charge in [0, 0.05) is 5.56 Å². The van der Waals surface area contributed by atoms with Gasteiger partial charge in [-0.2, -0.15) is 0 Å². The van der Waals surface area contributed by atoms with Crippen LogP contribution in [0.5, 0.6) is 11.5 Å². The normalized spacial score (nSPS) is 17.0. The number of rotatable bonds is 7. The molecule has 0 radical (unpaired) electrons. The molecule has 1 saturated heterocycles. The first kappa shape index (κ1) is 18.7. The predicted octanol–water partition coefficient (Wildman–Crippen LogP) is 1.25. The Kier molecular flexibility index (Phi) is 5.02. The minimum absolute atomic E-state index is 0.0882. The molecular weight excluding hydrogens is 356 g/mol. The number of benzene rings is 1. The number of ketones is 1. The average molecular weight is 376 g/mol. The quantitative estimate of drug-likeness (QED) is 0.433. The second-order valence-electron chi connectivity index (χ2n) is 6.26. The van der Waals surface area contributed by atoms with Crippen molar-refractivity contribution in [2.75, 3.05) is 19.9 Å². The number of amides is 3. The first-order chi connectivity index (χ1) is 12.9. The Bertz CT molecular complexity index is 801. The molecule has 1 fully saturated rings. The molecule has 0 spiro atoms. The molecule has 0 aliphatic carbocycles. The van der Waals surface area contributed by atoms with Crippen molar-refractivity contribution < 1.29 is 33.4 Å². The highest BCUT2D eigenvalue weighted by Crippen LogP contribution is 2.32. The maximum Gasteiger partial charge on any atom is 0.326 e. The molecule has 0 atom stereocenters. The van der Waals surface area contributed by atoms with Crippen LogP contribution in [0.1, 0.15) is 37.0 Å². The number of fused-ring (bicyclic) bond motifs is 1. The first-order valence-electron chi connectivity index (χ1n) is 8.62. The van der Waals surface area contributed by atoms with E-state index in [1.54, 1.807) is 19.9 Å². The lowest BCUT2D eigenvalue weighted by Gasteiger charge is -2.22. The number of Topliss-reactive ketones (excluding diaryl/α,β-unsaturated/α-hetero) is 1. The average Bonchev–Trinajstić information content (AvgIpc) is 3.23. The van der Waals surface area contributed by atoms with Gasteiger partial charge in [0.2, 0.25) is 6.79 Å². The monoisotopic (exact) mass is 376 g/mol. The van der Waals surface area contributed by atoms with Crippen molar-refractivity contribution in [1.29, 1.82) is 0 Å². The molecule has 9 nitrogen and oxygen atoms in total. The molecule has 27 heavy (non-hydrogen) atoms. The van der Waals surface area contributed by atoms with Crippen LogP contribution in [0.15, 0.2) is 18.2 Å². The van der Waals surface area contributed by atoms with Gasteiger partial charge in [-0.05, 0) is 31.0 Å². The van der Waals surface area contributed by atoms with Gasteiger partial charge in [0.1, 0.15) is 12.1 Å². The van der Waals surface area contributed by atoms with Crippen molar-refractivity contribution in [3.8, 4) is 11.5 Å². The number of hydrogen-bond acceptors (Lipinski definition) is 7. The zero-order valence-corrected chi connectivity index (χ0v) is 15.1. The fourth-order valence-electron chi connectivity index (χ4n) is 3.02. The summed E-state index contributed by atoms with van der Waals surface area (Å²) < 4.78 is 15.3. The van der Waals surface area contributed by atoms with E-state index in [9.17, 15) is 19.2 Å². The standard InChI is InChI=1S/C18H20N2O7/c1-3-18(4-2)16(23)20(17(24)19-18)8-15(22)25-9-12(21)11-5-6-13-14(7-11)27-10-26-13/h5-7H,3-4,8-10H2,1-2H3,(H,19,24). The van der Waals surface area contributed by atoms with Gasteiger partial charge in [0.15, 0.2) is 23.9 Å². The number of urea groups is 1. The second-order valence-corrected chi connectivity index (χ2v) is 6.26. The molecule has 0 saturated carbocycles. The van der Waals surface area contributed by atoms with Crippen LogP contribution >= 0.6 is 0 Å². The maximum atomic E-state index is 12.4. The fraction of sp³-hybridized carbons (Fsp3) is 0.444. The summed E-state index contributed by atoms with van der Waals surface area (Å²) >= 11 is 0. The third-order valence-electron chi connectivity index (χ3n) is 4.80. The molecule has 0 aromatic heterocycles. The topological polar surface area (TPSA) is 111 Å². The van der Waals surface area contributed by atoms with Gasteiger partial charge >= 0.3 is 12.0 Å². The lowest BCUT2D eigenvalue weighted by atomic mass is 9.93. The van der Waals surface area contributed by atoms with Crippen LogP contribution in [0.2, 0.25) is 0 Å². The molecule has 0 unspecified atom stereocenters. The highest BCUT2D eigenvalue weighted by atomic mass is 16.7. The summed E-state index contributed by atoms with van der Waals surface area (Å²) in [7, 11) is 0. The van der Waals surface area contributed by atoms with Crippen LogP contribution < -0.4 is 14.8 Å². The van der Waals surface area contributed by atoms with Crippen LogP contribution in [-0.2, 0) is 14.3 Å². The zero-order chi connectivity index (χ0) is 19.6. The van der Waals surface area contributed by atoms with Crippen molar-refractivity contribution in [3.05, 3.63) is 23.8 Å². The van der Waals surface area contributed by atoms with Crippen LogP contribution in [-0.4, -0.2) is 54.1 Å². The Morgan fingerprint density at radius 2 is 1.89 bits per heavy atom. The summed E-state index contributed by atoms with van der Waals surface area (Å²) in [4.78, 5) is 49.5. The van der Waals surface area contributed by atoms with Crippen LogP contribution in [0.4, 0.5) is 4.79 Å². The van der Waals surface area contributed by atoms with Crippen LogP contribution in [0.3, 0.4) is 0 Å². The molecule has 2 aliphatic rings. The Morgan fingerprint density at radius 3 is 2.56 bits per heavy atom. The molecule has 9 heteroatoms. The summed E-state index contributed by atoms with van der Waals surface area (Å²) in [5, 5.41) is 2.62. The summed E-state index contributed by atoms with van der Waals surface area (Å²) in [6.45, 7) is 2.61. The molecule has 1 aromatic carbocycles. The van der Waals surface area contributed by atoms with E-state index in [0.717, 1.165) is 4.90 Å². The number of imide groups is 1. The van der Waals surface area contributed by atoms with Gasteiger partial charge in [-0.25, -0.2) is 4.79 Å². The van der Waals surface area contributed by atoms with Gasteiger partial charge in [0.25, 0.3) is 5.91 Å². The SMILES string of the molecule is CCC1(CC)NC(=O)N(CC(=O)OCC(=O)c2ccc3c(c2)OCO3)C1=O. The molecule has 3 amide bonds. The molecular formula is C18H20N2O7. The van der Waals surface area contributed by atoms with Gasteiger partial charge in [-0.1, -0.05) is 13.8 Å². The van der Waals surface area contributed by atoms with Gasteiger partial charge in [-0.15, -0.1) is 0 Å². The third kappa shape index (κ3) is 3.44. The highest BCUT2D eigenvalue weighted by Gasteiger charge is 2.49. The molecule has 1 N–H and O–H groups in total. The van der Waals surface area contributed by atoms with E-state index in [1.165, 1.54) is 12.1 Å². The van der Waals surface area contributed by atoms with Crippen molar-refractivity contribution in [1.82, 2.24) is 10.2 Å². The van der Waals surface area contributed by atoms with E-state index in [1.807, 2.05) is 0 Å². The number of esters is 1. The largest absolute Gasteiger partial charge is 0.456 e. The molecule has 144 valence electrons. The van der Waals surface area contributed by atoms with E-state index in [0.29, 0.717) is 29.9 Å².